The lowest BCUT2D eigenvalue weighted by molar-refractivity contribution is -0.384. The van der Waals surface area contributed by atoms with Crippen molar-refractivity contribution in [2.75, 3.05) is 11.9 Å². The number of anilines is 1. The molecule has 1 unspecified atom stereocenters. The van der Waals surface area contributed by atoms with Crippen molar-refractivity contribution in [3.63, 3.8) is 0 Å². The number of nitrogens with one attached hydrogen (secondary N) is 1. The number of nitro benzene ring substituents is 1. The molecule has 1 atom stereocenters. The average molecular weight is 253 g/mol. The van der Waals surface area contributed by atoms with Gasteiger partial charge in [-0.2, -0.15) is 0 Å². The van der Waals surface area contributed by atoms with Crippen LogP contribution in [0.2, 0.25) is 0 Å². The van der Waals surface area contributed by atoms with E-state index in [1.165, 1.54) is 6.07 Å². The Kier molecular flexibility index (Phi) is 4.61. The van der Waals surface area contributed by atoms with Crippen LogP contribution in [-0.2, 0) is 4.79 Å². The van der Waals surface area contributed by atoms with E-state index in [9.17, 15) is 14.9 Å². The minimum Gasteiger partial charge on any atom is -0.480 e. The number of carboxylic acid groups (broad SMARTS) is 1. The van der Waals surface area contributed by atoms with E-state index in [0.29, 0.717) is 5.69 Å². The molecule has 1 aromatic carbocycles. The molecule has 0 saturated carbocycles. The first-order valence-electron chi connectivity index (χ1n) is 5.39. The zero-order valence-electron chi connectivity index (χ0n) is 9.92. The van der Waals surface area contributed by atoms with Crippen LogP contribution in [-0.4, -0.2) is 28.6 Å². The van der Waals surface area contributed by atoms with Crippen molar-refractivity contribution >= 4 is 17.3 Å². The van der Waals surface area contributed by atoms with Crippen molar-refractivity contribution in [3.05, 3.63) is 33.9 Å². The first-order valence-corrected chi connectivity index (χ1v) is 5.39. The summed E-state index contributed by atoms with van der Waals surface area (Å²) in [7, 11) is 0. The Morgan fingerprint density at radius 1 is 1.61 bits per heavy atom. The van der Waals surface area contributed by atoms with E-state index in [2.05, 4.69) is 5.32 Å². The number of carboxylic acids is 1. The number of hydrogen-bond donors (Lipinski definition) is 3. The second kappa shape index (κ2) is 5.97. The topological polar surface area (TPSA) is 118 Å². The molecule has 0 aliphatic heterocycles. The largest absolute Gasteiger partial charge is 0.480 e. The van der Waals surface area contributed by atoms with Gasteiger partial charge in [0.2, 0.25) is 0 Å². The summed E-state index contributed by atoms with van der Waals surface area (Å²) in [6.07, 6.45) is 0.195. The highest BCUT2D eigenvalue weighted by Crippen LogP contribution is 2.25. The monoisotopic (exact) mass is 253 g/mol. The fourth-order valence-corrected chi connectivity index (χ4v) is 1.44. The number of nitro groups is 1. The fourth-order valence-electron chi connectivity index (χ4n) is 1.44. The number of benzene rings is 1. The molecule has 98 valence electrons. The van der Waals surface area contributed by atoms with Gasteiger partial charge < -0.3 is 16.2 Å². The lowest BCUT2D eigenvalue weighted by atomic mass is 10.1. The van der Waals surface area contributed by atoms with E-state index in [1.807, 2.05) is 6.92 Å². The molecular weight excluding hydrogens is 238 g/mol. The standard InChI is InChI=1S/C11H15N3O4/c1-7-2-3-10(14(17)18)9(6-7)13-5-4-8(12)11(15)16/h2-3,6,8,13H,4-5,12H2,1H3,(H,15,16). The van der Waals surface area contributed by atoms with Gasteiger partial charge in [0.1, 0.15) is 11.7 Å². The molecule has 0 radical (unpaired) electrons. The van der Waals surface area contributed by atoms with Crippen LogP contribution < -0.4 is 11.1 Å². The maximum atomic E-state index is 10.8. The number of hydrogen-bond acceptors (Lipinski definition) is 5. The number of nitrogens with zero attached hydrogens (tertiary/aromatic N) is 1. The van der Waals surface area contributed by atoms with E-state index in [0.717, 1.165) is 5.56 Å². The molecule has 7 nitrogen and oxygen atoms in total. The van der Waals surface area contributed by atoms with E-state index in [1.54, 1.807) is 12.1 Å². The van der Waals surface area contributed by atoms with Crippen LogP contribution in [0.1, 0.15) is 12.0 Å². The van der Waals surface area contributed by atoms with Crippen molar-refractivity contribution in [2.24, 2.45) is 5.73 Å². The Bertz CT molecular complexity index is 462. The second-order valence-corrected chi connectivity index (χ2v) is 3.94. The van der Waals surface area contributed by atoms with Crippen LogP contribution in [0.4, 0.5) is 11.4 Å². The number of rotatable bonds is 6. The first kappa shape index (κ1) is 13.9. The van der Waals surface area contributed by atoms with E-state index in [4.69, 9.17) is 10.8 Å². The first-order chi connectivity index (χ1) is 8.41. The normalized spacial score (nSPS) is 11.9. The van der Waals surface area contributed by atoms with Gasteiger partial charge in [-0.1, -0.05) is 6.07 Å². The van der Waals surface area contributed by atoms with Crippen molar-refractivity contribution in [1.82, 2.24) is 0 Å². The van der Waals surface area contributed by atoms with E-state index < -0.39 is 16.9 Å². The predicted molar refractivity (Wildman–Crippen MR) is 66.6 cm³/mol. The molecule has 0 bridgehead atoms. The Morgan fingerprint density at radius 3 is 2.83 bits per heavy atom. The molecule has 4 N–H and O–H groups in total. The summed E-state index contributed by atoms with van der Waals surface area (Å²) in [5.41, 5.74) is 6.55. The van der Waals surface area contributed by atoms with Crippen molar-refractivity contribution < 1.29 is 14.8 Å². The van der Waals surface area contributed by atoms with Gasteiger partial charge in [0, 0.05) is 12.6 Å². The third-order valence-corrected chi connectivity index (χ3v) is 2.44. The minimum atomic E-state index is -1.09. The SMILES string of the molecule is Cc1ccc([N+](=O)[O-])c(NCCC(N)C(=O)O)c1. The lowest BCUT2D eigenvalue weighted by Crippen LogP contribution is -2.32. The molecule has 1 rings (SSSR count). The lowest BCUT2D eigenvalue weighted by Gasteiger charge is -2.09. The van der Waals surface area contributed by atoms with Gasteiger partial charge in [-0.15, -0.1) is 0 Å². The highest BCUT2D eigenvalue weighted by Gasteiger charge is 2.15. The van der Waals surface area contributed by atoms with Gasteiger partial charge in [-0.05, 0) is 25.0 Å². The van der Waals surface area contributed by atoms with Crippen molar-refractivity contribution in [3.8, 4) is 0 Å². The van der Waals surface area contributed by atoms with Gasteiger partial charge in [0.05, 0.1) is 4.92 Å². The molecule has 18 heavy (non-hydrogen) atoms. The zero-order valence-corrected chi connectivity index (χ0v) is 9.92. The molecule has 0 aromatic heterocycles. The second-order valence-electron chi connectivity index (χ2n) is 3.94. The summed E-state index contributed by atoms with van der Waals surface area (Å²) < 4.78 is 0. The zero-order chi connectivity index (χ0) is 13.7. The van der Waals surface area contributed by atoms with Crippen LogP contribution >= 0.6 is 0 Å². The molecule has 0 saturated heterocycles. The third-order valence-electron chi connectivity index (χ3n) is 2.44. The Labute approximate surface area is 104 Å². The molecule has 0 amide bonds. The quantitative estimate of drug-likeness (QED) is 0.516. The van der Waals surface area contributed by atoms with Crippen molar-refractivity contribution in [1.29, 1.82) is 0 Å². The van der Waals surface area contributed by atoms with Crippen LogP contribution in [0.5, 0.6) is 0 Å². The number of nitrogens with two attached hydrogens (primary N) is 1. The van der Waals surface area contributed by atoms with Gasteiger partial charge in [-0.3, -0.25) is 14.9 Å². The molecular formula is C11H15N3O4. The molecule has 0 fully saturated rings. The maximum absolute atomic E-state index is 10.8. The highest BCUT2D eigenvalue weighted by molar-refractivity contribution is 5.73. The Balaban J connectivity index is 2.69. The van der Waals surface area contributed by atoms with Crippen LogP contribution in [0, 0.1) is 17.0 Å². The smallest absolute Gasteiger partial charge is 0.320 e. The van der Waals surface area contributed by atoms with Crippen LogP contribution in [0.25, 0.3) is 0 Å². The third kappa shape index (κ3) is 3.70. The summed E-state index contributed by atoms with van der Waals surface area (Å²) >= 11 is 0. The van der Waals surface area contributed by atoms with Crippen molar-refractivity contribution in [2.45, 2.75) is 19.4 Å². The summed E-state index contributed by atoms with van der Waals surface area (Å²) in [5.74, 6) is -1.09. The van der Waals surface area contributed by atoms with E-state index >= 15 is 0 Å². The van der Waals surface area contributed by atoms with E-state index in [-0.39, 0.29) is 18.7 Å². The Morgan fingerprint density at radius 2 is 2.28 bits per heavy atom. The van der Waals surface area contributed by atoms with Crippen LogP contribution in [0.3, 0.4) is 0 Å². The number of aryl methyl sites for hydroxylation is 1. The highest BCUT2D eigenvalue weighted by atomic mass is 16.6. The van der Waals surface area contributed by atoms with Crippen LogP contribution in [0.15, 0.2) is 18.2 Å². The van der Waals surface area contributed by atoms with Gasteiger partial charge in [0.25, 0.3) is 5.69 Å². The van der Waals surface area contributed by atoms with Gasteiger partial charge in [0.15, 0.2) is 0 Å². The number of carbonyl (C=O) groups is 1. The average Bonchev–Trinajstić information content (AvgIpc) is 2.28. The summed E-state index contributed by atoms with van der Waals surface area (Å²) in [5, 5.41) is 22.2. The molecule has 0 spiro atoms. The minimum absolute atomic E-state index is 0.0375. The summed E-state index contributed by atoms with van der Waals surface area (Å²) in [6.45, 7) is 2.08. The fraction of sp³-hybridized carbons (Fsp3) is 0.364. The number of aliphatic carboxylic acids is 1. The molecule has 0 aliphatic carbocycles. The molecule has 0 heterocycles. The summed E-state index contributed by atoms with van der Waals surface area (Å²) in [6, 6.07) is 3.73. The maximum Gasteiger partial charge on any atom is 0.320 e. The predicted octanol–water partition coefficient (Wildman–Crippen LogP) is 1.12. The molecule has 1 aromatic rings. The van der Waals surface area contributed by atoms with Gasteiger partial charge in [-0.25, -0.2) is 0 Å². The molecule has 0 aliphatic rings. The molecule has 7 heteroatoms. The Hall–Kier alpha value is -2.15. The van der Waals surface area contributed by atoms with Gasteiger partial charge >= 0.3 is 5.97 Å². The summed E-state index contributed by atoms with van der Waals surface area (Å²) in [4.78, 5) is 20.8.